The second kappa shape index (κ2) is 12.6. The summed E-state index contributed by atoms with van der Waals surface area (Å²) in [7, 11) is 0. The lowest BCUT2D eigenvalue weighted by atomic mass is 10.1. The molecule has 0 aliphatic heterocycles. The maximum Gasteiger partial charge on any atom is 0.338 e. The van der Waals surface area contributed by atoms with Gasteiger partial charge in [0, 0.05) is 0 Å². The monoisotopic (exact) mass is 441 g/mol. The minimum Gasteiger partial charge on any atom is -0.462 e. The van der Waals surface area contributed by atoms with Gasteiger partial charge in [0.1, 0.15) is 6.61 Å². The van der Waals surface area contributed by atoms with E-state index < -0.39 is 23.6 Å². The van der Waals surface area contributed by atoms with Crippen LogP contribution in [0.3, 0.4) is 0 Å². The molecule has 0 radical (unpaired) electrons. The molecule has 0 saturated carbocycles. The fourth-order valence-electron chi connectivity index (χ4n) is 2.91. The van der Waals surface area contributed by atoms with Gasteiger partial charge in [0.2, 0.25) is 6.41 Å². The van der Waals surface area contributed by atoms with Gasteiger partial charge in [-0.05, 0) is 57.7 Å². The Morgan fingerprint density at radius 1 is 0.938 bits per heavy atom. The number of carbonyl (C=O) groups is 3. The van der Waals surface area contributed by atoms with E-state index in [2.05, 4.69) is 0 Å². The average Bonchev–Trinajstić information content (AvgIpc) is 2.79. The summed E-state index contributed by atoms with van der Waals surface area (Å²) < 4.78 is 10.7. The first-order chi connectivity index (χ1) is 15.3. The number of nitrogens with zero attached hydrogens (tertiary/aromatic N) is 1. The molecule has 0 unspecified atom stereocenters. The molecule has 0 bridgehead atoms. The van der Waals surface area contributed by atoms with E-state index in [1.807, 2.05) is 36.4 Å². The van der Waals surface area contributed by atoms with E-state index in [4.69, 9.17) is 14.3 Å². The van der Waals surface area contributed by atoms with Crippen LogP contribution < -0.4 is 0 Å². The van der Waals surface area contributed by atoms with E-state index in [1.165, 1.54) is 0 Å². The Hall–Kier alpha value is -3.19. The zero-order valence-corrected chi connectivity index (χ0v) is 18.9. The summed E-state index contributed by atoms with van der Waals surface area (Å²) in [5.74, 6) is -0.943. The van der Waals surface area contributed by atoms with Crippen molar-refractivity contribution in [2.75, 3.05) is 6.61 Å². The van der Waals surface area contributed by atoms with Crippen molar-refractivity contribution in [2.24, 2.45) is 0 Å². The van der Waals surface area contributed by atoms with Gasteiger partial charge in [-0.2, -0.15) is 0 Å². The third kappa shape index (κ3) is 8.89. The normalized spacial score (nSPS) is 12.0. The Morgan fingerprint density at radius 2 is 1.56 bits per heavy atom. The van der Waals surface area contributed by atoms with Gasteiger partial charge in [0.25, 0.3) is 0 Å². The van der Waals surface area contributed by atoms with Crippen LogP contribution in [-0.2, 0) is 30.5 Å². The van der Waals surface area contributed by atoms with Crippen LogP contribution in [0.4, 0.5) is 0 Å². The quantitative estimate of drug-likeness (QED) is 0.211. The minimum absolute atomic E-state index is 0.104. The van der Waals surface area contributed by atoms with Crippen molar-refractivity contribution in [1.29, 1.82) is 0 Å². The number of hydrogen-bond donors (Lipinski definition) is 0. The predicted octanol–water partition coefficient (Wildman–Crippen LogP) is 4.31. The number of benzene rings is 2. The van der Waals surface area contributed by atoms with E-state index in [0.29, 0.717) is 31.2 Å². The van der Waals surface area contributed by atoms with Crippen molar-refractivity contribution < 1.29 is 28.7 Å². The molecule has 2 rings (SSSR count). The van der Waals surface area contributed by atoms with Crippen LogP contribution in [0, 0.1) is 0 Å². The van der Waals surface area contributed by atoms with Crippen LogP contribution in [-0.4, -0.2) is 41.7 Å². The van der Waals surface area contributed by atoms with Crippen molar-refractivity contribution in [3.05, 3.63) is 71.8 Å². The van der Waals surface area contributed by atoms with Gasteiger partial charge in [0.15, 0.2) is 6.04 Å². The van der Waals surface area contributed by atoms with E-state index in [0.717, 1.165) is 10.6 Å². The molecule has 0 aliphatic rings. The topological polar surface area (TPSA) is 82.1 Å². The van der Waals surface area contributed by atoms with E-state index in [-0.39, 0.29) is 13.2 Å². The summed E-state index contributed by atoms with van der Waals surface area (Å²) in [6.45, 7) is 5.69. The molecule has 0 spiro atoms. The molecule has 1 amide bonds. The maximum absolute atomic E-state index is 12.8. The van der Waals surface area contributed by atoms with Crippen molar-refractivity contribution in [3.8, 4) is 0 Å². The van der Waals surface area contributed by atoms with Crippen LogP contribution in [0.15, 0.2) is 60.7 Å². The van der Waals surface area contributed by atoms with Crippen molar-refractivity contribution in [1.82, 2.24) is 5.06 Å². The predicted molar refractivity (Wildman–Crippen MR) is 119 cm³/mol. The summed E-state index contributed by atoms with van der Waals surface area (Å²) in [5, 5.41) is 1.02. The van der Waals surface area contributed by atoms with Crippen LogP contribution in [0.2, 0.25) is 0 Å². The summed E-state index contributed by atoms with van der Waals surface area (Å²) in [6.07, 6.45) is 1.87. The molecule has 0 aromatic heterocycles. The van der Waals surface area contributed by atoms with E-state index >= 15 is 0 Å². The SMILES string of the molecule is CC(C)(C)ON(C=O)[C@@H](CCCCOC(=O)c1ccccc1)C(=O)OCc1ccccc1. The Bertz CT molecular complexity index is 848. The van der Waals surface area contributed by atoms with Gasteiger partial charge in [0.05, 0.1) is 17.8 Å². The van der Waals surface area contributed by atoms with Crippen molar-refractivity contribution >= 4 is 18.3 Å². The first-order valence-electron chi connectivity index (χ1n) is 10.7. The van der Waals surface area contributed by atoms with Gasteiger partial charge in [-0.3, -0.25) is 9.63 Å². The lowest BCUT2D eigenvalue weighted by Crippen LogP contribution is -2.45. The molecular weight excluding hydrogens is 410 g/mol. The number of unbranched alkanes of at least 4 members (excludes halogenated alkanes) is 1. The number of ether oxygens (including phenoxy) is 2. The number of amides is 1. The zero-order chi connectivity index (χ0) is 23.4. The second-order valence-corrected chi connectivity index (χ2v) is 8.28. The fourth-order valence-corrected chi connectivity index (χ4v) is 2.91. The smallest absolute Gasteiger partial charge is 0.338 e. The highest BCUT2D eigenvalue weighted by atomic mass is 16.7. The van der Waals surface area contributed by atoms with Crippen molar-refractivity contribution in [2.45, 2.75) is 58.3 Å². The molecule has 1 atom stereocenters. The summed E-state index contributed by atoms with van der Waals surface area (Å²) in [4.78, 5) is 42.1. The molecule has 7 heteroatoms. The first kappa shape index (κ1) is 25.1. The zero-order valence-electron chi connectivity index (χ0n) is 18.9. The second-order valence-electron chi connectivity index (χ2n) is 8.28. The lowest BCUT2D eigenvalue weighted by Gasteiger charge is -2.31. The molecule has 0 N–H and O–H groups in total. The highest BCUT2D eigenvalue weighted by Crippen LogP contribution is 2.17. The molecule has 2 aromatic carbocycles. The van der Waals surface area contributed by atoms with Crippen LogP contribution in [0.5, 0.6) is 0 Å². The van der Waals surface area contributed by atoms with Crippen LogP contribution in [0.25, 0.3) is 0 Å². The van der Waals surface area contributed by atoms with Gasteiger partial charge >= 0.3 is 11.9 Å². The van der Waals surface area contributed by atoms with E-state index in [1.54, 1.807) is 45.0 Å². The Balaban J connectivity index is 1.90. The number of carbonyl (C=O) groups excluding carboxylic acids is 3. The number of hydroxylamine groups is 2. The third-order valence-corrected chi connectivity index (χ3v) is 4.40. The highest BCUT2D eigenvalue weighted by molar-refractivity contribution is 5.89. The standard InChI is InChI=1S/C25H31NO6/c1-25(2,3)32-26(19-27)22(24(29)31-18-20-12-6-4-7-13-20)16-10-11-17-30-23(28)21-14-8-5-9-15-21/h4-9,12-15,19,22H,10-11,16-18H2,1-3H3/t22-/m0/s1. The Kier molecular flexibility index (Phi) is 9.88. The molecule has 2 aromatic rings. The first-order valence-corrected chi connectivity index (χ1v) is 10.7. The molecule has 0 saturated heterocycles. The summed E-state index contributed by atoms with van der Waals surface area (Å²) >= 11 is 0. The summed E-state index contributed by atoms with van der Waals surface area (Å²) in [6, 6.07) is 17.1. The van der Waals surface area contributed by atoms with Gasteiger partial charge in [-0.1, -0.05) is 48.5 Å². The van der Waals surface area contributed by atoms with E-state index in [9.17, 15) is 14.4 Å². The number of rotatable bonds is 12. The number of hydrogen-bond acceptors (Lipinski definition) is 6. The molecule has 32 heavy (non-hydrogen) atoms. The molecule has 0 aliphatic carbocycles. The van der Waals surface area contributed by atoms with Gasteiger partial charge < -0.3 is 9.47 Å². The highest BCUT2D eigenvalue weighted by Gasteiger charge is 2.30. The Morgan fingerprint density at radius 3 is 2.16 bits per heavy atom. The molecule has 0 fully saturated rings. The molecule has 172 valence electrons. The van der Waals surface area contributed by atoms with Crippen molar-refractivity contribution in [3.63, 3.8) is 0 Å². The number of esters is 2. The molecule has 0 heterocycles. The summed E-state index contributed by atoms with van der Waals surface area (Å²) in [5.41, 5.74) is 0.673. The Labute approximate surface area is 189 Å². The maximum atomic E-state index is 12.8. The van der Waals surface area contributed by atoms with Gasteiger partial charge in [-0.15, -0.1) is 0 Å². The molecule has 7 nitrogen and oxygen atoms in total. The van der Waals surface area contributed by atoms with Gasteiger partial charge in [-0.25, -0.2) is 14.7 Å². The molecular formula is C25H31NO6. The van der Waals surface area contributed by atoms with Crippen LogP contribution in [0.1, 0.15) is 56.0 Å². The largest absolute Gasteiger partial charge is 0.462 e. The fraction of sp³-hybridized carbons (Fsp3) is 0.400. The third-order valence-electron chi connectivity index (χ3n) is 4.40. The minimum atomic E-state index is -0.903. The van der Waals surface area contributed by atoms with Crippen LogP contribution >= 0.6 is 0 Å². The lowest BCUT2D eigenvalue weighted by molar-refractivity contribution is -0.237. The average molecular weight is 442 g/mol.